The molecule has 0 spiro atoms. The molecule has 0 aliphatic heterocycles. The minimum absolute atomic E-state index is 0. The first-order chi connectivity index (χ1) is 35.6. The van der Waals surface area contributed by atoms with Gasteiger partial charge in [-0.2, -0.15) is 35.4 Å². The molecule has 0 amide bonds. The van der Waals surface area contributed by atoms with E-state index in [-0.39, 0.29) is 121 Å². The van der Waals surface area contributed by atoms with E-state index in [9.17, 15) is 0 Å². The summed E-state index contributed by atoms with van der Waals surface area (Å²) in [5.74, 6) is 3.95. The third kappa shape index (κ3) is 22.2. The molecule has 6 aromatic carbocycles. The van der Waals surface area contributed by atoms with Gasteiger partial charge in [-0.3, -0.25) is 23.7 Å². The van der Waals surface area contributed by atoms with Gasteiger partial charge in [-0.25, -0.2) is 5.10 Å². The van der Waals surface area contributed by atoms with Gasteiger partial charge in [0.2, 0.25) is 0 Å². The van der Waals surface area contributed by atoms with Gasteiger partial charge in [-0.1, -0.05) is 15.6 Å². The van der Waals surface area contributed by atoms with Gasteiger partial charge in [0.05, 0.1) is 23.3 Å². The van der Waals surface area contributed by atoms with E-state index in [1.165, 1.54) is 4.80 Å². The molecule has 0 N–H and O–H groups in total. The van der Waals surface area contributed by atoms with Crippen LogP contribution in [0.1, 0.15) is 5.82 Å². The second kappa shape index (κ2) is 37.7. The molecule has 0 saturated heterocycles. The van der Waals surface area contributed by atoms with E-state index in [0.29, 0.717) is 0 Å². The Morgan fingerprint density at radius 3 is 1.10 bits per heavy atom. The molecule has 0 unspecified atom stereocenters. The van der Waals surface area contributed by atoms with Crippen molar-refractivity contribution in [1.82, 2.24) is 99.9 Å². The average molecular weight is 2120 g/mol. The van der Waals surface area contributed by atoms with Crippen LogP contribution in [-0.4, -0.2) is 99.9 Å². The van der Waals surface area contributed by atoms with Crippen molar-refractivity contribution >= 4 is 0 Å². The van der Waals surface area contributed by atoms with Crippen LogP contribution >= 0.6 is 0 Å². The molecule has 79 heavy (non-hydrogen) atoms. The average Bonchev–Trinajstić information content (AvgIpc) is 4.34. The van der Waals surface area contributed by atoms with E-state index in [0.717, 1.165) is 73.9 Å². The van der Waals surface area contributed by atoms with E-state index in [1.807, 2.05) is 184 Å². The molecule has 12 rings (SSSR count). The van der Waals surface area contributed by atoms with Gasteiger partial charge in [0.1, 0.15) is 12.2 Å². The maximum atomic E-state index is 4.30. The summed E-state index contributed by atoms with van der Waals surface area (Å²) in [6, 6.07) is 64.6. The van der Waals surface area contributed by atoms with Crippen LogP contribution in [-0.2, 0) is 163 Å². The van der Waals surface area contributed by atoms with Gasteiger partial charge in [-0.05, 0) is 17.4 Å². The van der Waals surface area contributed by atoms with E-state index in [2.05, 4.69) is 108 Å². The SMILES string of the molecule is Cc1nc(-c2[c-]cccc2)n(C)n1.Cn1cc(-c2[c-]cccc2)nn1.Cn1cnnc1-c1[c-]cccc1.Cn1ncc(-c2[c-]cccc2)n1.Cn1nnnc1-c1[c-]cccc1.Cn1nnnc1-c1[c-]cccc1.[Ir].[Ir].[Ir].[Ir].[Ir].[Ir]. The summed E-state index contributed by atoms with van der Waals surface area (Å²) in [5, 5.41) is 50.1. The van der Waals surface area contributed by atoms with Gasteiger partial charge in [0.25, 0.3) is 0 Å². The van der Waals surface area contributed by atoms with Gasteiger partial charge >= 0.3 is 0 Å². The first-order valence-electron chi connectivity index (χ1n) is 22.3. The molecule has 0 atom stereocenters. The minimum atomic E-state index is 0. The molecule has 6 aromatic heterocycles. The van der Waals surface area contributed by atoms with Crippen LogP contribution in [0.25, 0.3) is 68.1 Å². The molecule has 6 radical (unpaired) electrons. The third-order valence-electron chi connectivity index (χ3n) is 9.79. The number of tetrazole rings is 2. The van der Waals surface area contributed by atoms with E-state index in [1.54, 1.807) is 52.4 Å². The summed E-state index contributed by atoms with van der Waals surface area (Å²) in [6.07, 6.45) is 5.27. The van der Waals surface area contributed by atoms with Crippen molar-refractivity contribution in [2.24, 2.45) is 42.3 Å². The van der Waals surface area contributed by atoms with Crippen molar-refractivity contribution in [3.63, 3.8) is 0 Å². The molecular weight excluding hydrogens is 2070 g/mol. The molecule has 0 bridgehead atoms. The van der Waals surface area contributed by atoms with Crippen LogP contribution in [0.15, 0.2) is 164 Å². The number of rotatable bonds is 6. The van der Waals surface area contributed by atoms with E-state index in [4.69, 9.17) is 0 Å². The van der Waals surface area contributed by atoms with Crippen molar-refractivity contribution < 1.29 is 121 Å². The fourth-order valence-corrected chi connectivity index (χ4v) is 6.36. The molecule has 12 aromatic rings. The maximum Gasteiger partial charge on any atom is 0.137 e. The maximum absolute atomic E-state index is 4.30. The third-order valence-corrected chi connectivity index (χ3v) is 9.79. The fraction of sp³-hybridized carbons (Fsp3) is 0.132. The van der Waals surface area contributed by atoms with Crippen LogP contribution in [0.2, 0.25) is 0 Å². The first-order valence-corrected chi connectivity index (χ1v) is 22.3. The summed E-state index contributed by atoms with van der Waals surface area (Å²) in [6.45, 7) is 1.88. The Balaban J connectivity index is 0.000000467. The van der Waals surface area contributed by atoms with Crippen molar-refractivity contribution in [3.8, 4) is 68.1 Å². The number of hydrogen-bond acceptors (Lipinski definition) is 14. The molecule has 0 saturated carbocycles. The molecular formula is C53H48Ir6N20-6. The molecule has 0 aliphatic rings. The number of nitrogens with zero attached hydrogens (tertiary/aromatic N) is 20. The monoisotopic (exact) mass is 2120 g/mol. The van der Waals surface area contributed by atoms with E-state index < -0.39 is 0 Å². The van der Waals surface area contributed by atoms with Crippen molar-refractivity contribution in [2.45, 2.75) is 6.92 Å². The second-order valence-corrected chi connectivity index (χ2v) is 15.3. The molecule has 20 nitrogen and oxygen atoms in total. The van der Waals surface area contributed by atoms with Crippen LogP contribution < -0.4 is 0 Å². The molecule has 0 aliphatic carbocycles. The fourth-order valence-electron chi connectivity index (χ4n) is 6.36. The van der Waals surface area contributed by atoms with Crippen LogP contribution in [0.4, 0.5) is 0 Å². The standard InChI is InChI=1S/C10H10N3.3C9H8N3.2C8H7N4.6Ir/c1-8-11-10(13(2)12-8)9-6-4-3-5-7-9;1-12-7-10-11-9(12)8-5-3-2-4-6-8;1-12-7-9(10-11-12)8-5-3-2-4-6-8;1-12-10-7-9(11-12)8-5-3-2-4-6-8;2*1-12-8(9-10-11-12)7-5-3-2-4-6-7;;;;;;/h3-6H,1-2H3;3*2-5,7H,1H3;2*2-5H,1H3;;;;;;/q6*-1;;;;;;. The minimum Gasteiger partial charge on any atom is -0.357 e. The Kier molecular flexibility index (Phi) is 33.9. The van der Waals surface area contributed by atoms with Crippen LogP contribution in [0, 0.1) is 43.3 Å². The summed E-state index contributed by atoms with van der Waals surface area (Å²) < 4.78 is 8.54. The first kappa shape index (κ1) is 70.9. The van der Waals surface area contributed by atoms with Crippen molar-refractivity contribution in [1.29, 1.82) is 0 Å². The summed E-state index contributed by atoms with van der Waals surface area (Å²) in [7, 11) is 11.0. The second-order valence-electron chi connectivity index (χ2n) is 15.3. The summed E-state index contributed by atoms with van der Waals surface area (Å²) in [4.78, 5) is 5.84. The summed E-state index contributed by atoms with van der Waals surface area (Å²) in [5.41, 5.74) is 7.44. The molecule has 26 heteroatoms. The van der Waals surface area contributed by atoms with E-state index >= 15 is 0 Å². The number of hydrogen-bond donors (Lipinski definition) is 0. The van der Waals surface area contributed by atoms with Gasteiger partial charge in [-0.15, -0.1) is 220 Å². The number of aromatic nitrogens is 20. The van der Waals surface area contributed by atoms with Gasteiger partial charge in [0.15, 0.2) is 0 Å². The Morgan fingerprint density at radius 2 is 0.797 bits per heavy atom. The largest absolute Gasteiger partial charge is 0.357 e. The van der Waals surface area contributed by atoms with Gasteiger partial charge in [0, 0.05) is 187 Å². The Bertz CT molecular complexity index is 3190. The zero-order chi connectivity index (χ0) is 51.2. The number of benzene rings is 6. The Morgan fingerprint density at radius 1 is 0.392 bits per heavy atom. The zero-order valence-electron chi connectivity index (χ0n) is 43.0. The van der Waals surface area contributed by atoms with Crippen LogP contribution in [0.5, 0.6) is 0 Å². The summed E-state index contributed by atoms with van der Waals surface area (Å²) >= 11 is 0. The molecule has 420 valence electrons. The van der Waals surface area contributed by atoms with Crippen molar-refractivity contribution in [2.75, 3.05) is 0 Å². The predicted molar refractivity (Wildman–Crippen MR) is 272 cm³/mol. The van der Waals surface area contributed by atoms with Crippen molar-refractivity contribution in [3.05, 3.63) is 207 Å². The quantitative estimate of drug-likeness (QED) is 0.157. The number of aryl methyl sites for hydroxylation is 7. The molecule has 0 fully saturated rings. The zero-order valence-corrected chi connectivity index (χ0v) is 57.4. The van der Waals surface area contributed by atoms with Crippen LogP contribution in [0.3, 0.4) is 0 Å². The predicted octanol–water partition coefficient (Wildman–Crippen LogP) is 6.78. The Labute approximate surface area is 539 Å². The Hall–Kier alpha value is -6.08. The smallest absolute Gasteiger partial charge is 0.137 e. The molecule has 6 heterocycles. The normalized spacial score (nSPS) is 9.35. The van der Waals surface area contributed by atoms with Gasteiger partial charge < -0.3 is 4.57 Å². The topological polar surface area (TPSA) is 210 Å².